The highest BCUT2D eigenvalue weighted by atomic mass is 19.2. The molecule has 142 valence electrons. The van der Waals surface area contributed by atoms with Crippen LogP contribution in [0.1, 0.15) is 16.7 Å². The minimum Gasteiger partial charge on any atom is -0.486 e. The van der Waals surface area contributed by atoms with Crippen LogP contribution in [0.5, 0.6) is 5.75 Å². The van der Waals surface area contributed by atoms with Crippen molar-refractivity contribution >= 4 is 12.2 Å². The lowest BCUT2D eigenvalue weighted by Crippen LogP contribution is -1.95. The van der Waals surface area contributed by atoms with E-state index in [9.17, 15) is 13.2 Å². The highest BCUT2D eigenvalue weighted by molar-refractivity contribution is 5.72. The maximum Gasteiger partial charge on any atom is 0.166 e. The molecule has 0 fully saturated rings. The minimum atomic E-state index is -0.859. The van der Waals surface area contributed by atoms with Crippen molar-refractivity contribution in [1.29, 1.82) is 0 Å². The van der Waals surface area contributed by atoms with Gasteiger partial charge in [-0.15, -0.1) is 0 Å². The molecule has 0 heterocycles. The van der Waals surface area contributed by atoms with E-state index in [1.165, 1.54) is 31.2 Å². The van der Waals surface area contributed by atoms with E-state index in [1.54, 1.807) is 24.3 Å². The zero-order valence-electron chi connectivity index (χ0n) is 15.4. The summed E-state index contributed by atoms with van der Waals surface area (Å²) in [6.45, 7) is 5.29. The first-order valence-electron chi connectivity index (χ1n) is 8.76. The molecule has 1 nitrogen and oxygen atoms in total. The molecule has 0 saturated heterocycles. The maximum atomic E-state index is 14.1. The Kier molecular flexibility index (Phi) is 5.99. The van der Waals surface area contributed by atoms with Crippen molar-refractivity contribution in [3.05, 3.63) is 101 Å². The number of benzene rings is 3. The maximum absolute atomic E-state index is 14.1. The average molecular weight is 380 g/mol. The van der Waals surface area contributed by atoms with Crippen LogP contribution in [-0.2, 0) is 0 Å². The number of ether oxygens (including phenoxy) is 1. The van der Waals surface area contributed by atoms with E-state index in [2.05, 4.69) is 6.58 Å². The summed E-state index contributed by atoms with van der Waals surface area (Å²) in [7, 11) is 0. The first kappa shape index (κ1) is 19.5. The lowest BCUT2D eigenvalue weighted by molar-refractivity contribution is 0.342. The van der Waals surface area contributed by atoms with Crippen molar-refractivity contribution in [1.82, 2.24) is 0 Å². The quantitative estimate of drug-likeness (QED) is 0.337. The first-order valence-corrected chi connectivity index (χ1v) is 8.76. The molecule has 3 rings (SSSR count). The molecule has 28 heavy (non-hydrogen) atoms. The van der Waals surface area contributed by atoms with Crippen LogP contribution in [0, 0.1) is 24.4 Å². The second-order valence-corrected chi connectivity index (χ2v) is 6.30. The van der Waals surface area contributed by atoms with E-state index in [1.807, 2.05) is 24.3 Å². The van der Waals surface area contributed by atoms with Gasteiger partial charge in [0.1, 0.15) is 6.61 Å². The monoisotopic (exact) mass is 380 g/mol. The van der Waals surface area contributed by atoms with E-state index in [-0.39, 0.29) is 23.5 Å². The molecule has 0 amide bonds. The molecule has 3 aromatic rings. The summed E-state index contributed by atoms with van der Waals surface area (Å²) in [6.07, 6.45) is 4.78. The van der Waals surface area contributed by atoms with E-state index >= 15 is 0 Å². The normalized spacial score (nSPS) is 11.0. The highest BCUT2D eigenvalue weighted by Crippen LogP contribution is 2.26. The predicted molar refractivity (Wildman–Crippen MR) is 108 cm³/mol. The Balaban J connectivity index is 1.78. The number of rotatable bonds is 6. The van der Waals surface area contributed by atoms with Gasteiger partial charge in [-0.2, -0.15) is 0 Å². The number of halogens is 3. The Morgan fingerprint density at radius 2 is 1.57 bits per heavy atom. The standard InChI is InChI=1S/C24H19F3O/c1-3-14-28-22-13-12-20(15-21(22)25)18-9-5-17(6-10-18)7-11-19-8-4-16(2)23(26)24(19)27/h3-13,15H,1,14H2,2H3/b11-7+. The number of hydrogen-bond donors (Lipinski definition) is 0. The van der Waals surface area contributed by atoms with Gasteiger partial charge in [-0.05, 0) is 41.3 Å². The van der Waals surface area contributed by atoms with Crippen molar-refractivity contribution in [3.8, 4) is 16.9 Å². The molecule has 0 unspecified atom stereocenters. The van der Waals surface area contributed by atoms with E-state index in [0.717, 1.165) is 11.1 Å². The van der Waals surface area contributed by atoms with E-state index < -0.39 is 17.5 Å². The molecule has 0 bridgehead atoms. The van der Waals surface area contributed by atoms with E-state index in [0.29, 0.717) is 5.56 Å². The SMILES string of the molecule is C=CCOc1ccc(-c2ccc(/C=C/c3ccc(C)c(F)c3F)cc2)cc1F. The second kappa shape index (κ2) is 8.61. The molecule has 0 atom stereocenters. The van der Waals surface area contributed by atoms with Gasteiger partial charge in [0.25, 0.3) is 0 Å². The fourth-order valence-electron chi connectivity index (χ4n) is 2.71. The Labute approximate surface area is 162 Å². The summed E-state index contributed by atoms with van der Waals surface area (Å²) in [5, 5.41) is 0. The molecule has 0 aromatic heterocycles. The van der Waals surface area contributed by atoms with Crippen LogP contribution < -0.4 is 4.74 Å². The van der Waals surface area contributed by atoms with Crippen LogP contribution in [0.25, 0.3) is 23.3 Å². The Bertz CT molecular complexity index is 1020. The van der Waals surface area contributed by atoms with Gasteiger partial charge in [0.05, 0.1) is 0 Å². The third kappa shape index (κ3) is 4.34. The molecule has 3 aromatic carbocycles. The number of aryl methyl sites for hydroxylation is 1. The summed E-state index contributed by atoms with van der Waals surface area (Å²) in [6, 6.07) is 15.2. The van der Waals surface area contributed by atoms with Gasteiger partial charge in [-0.3, -0.25) is 0 Å². The fourth-order valence-corrected chi connectivity index (χ4v) is 2.71. The van der Waals surface area contributed by atoms with Gasteiger partial charge in [-0.25, -0.2) is 13.2 Å². The molecule has 0 N–H and O–H groups in total. The molecule has 0 aliphatic rings. The molecule has 0 radical (unpaired) electrons. The number of hydrogen-bond acceptors (Lipinski definition) is 1. The summed E-state index contributed by atoms with van der Waals surface area (Å²) in [4.78, 5) is 0. The average Bonchev–Trinajstić information content (AvgIpc) is 2.71. The zero-order valence-corrected chi connectivity index (χ0v) is 15.4. The van der Waals surface area contributed by atoms with Gasteiger partial charge in [0.2, 0.25) is 0 Å². The van der Waals surface area contributed by atoms with Crippen molar-refractivity contribution < 1.29 is 17.9 Å². The molecule has 0 aliphatic heterocycles. The van der Waals surface area contributed by atoms with Crippen LogP contribution in [-0.4, -0.2) is 6.61 Å². The smallest absolute Gasteiger partial charge is 0.166 e. The van der Waals surface area contributed by atoms with Gasteiger partial charge < -0.3 is 4.74 Å². The molecular formula is C24H19F3O. The molecule has 0 saturated carbocycles. The van der Waals surface area contributed by atoms with Crippen molar-refractivity contribution in [2.75, 3.05) is 6.61 Å². The van der Waals surface area contributed by atoms with Gasteiger partial charge >= 0.3 is 0 Å². The van der Waals surface area contributed by atoms with Crippen LogP contribution >= 0.6 is 0 Å². The van der Waals surface area contributed by atoms with Crippen LogP contribution in [0.3, 0.4) is 0 Å². The Morgan fingerprint density at radius 1 is 0.857 bits per heavy atom. The van der Waals surface area contributed by atoms with Gasteiger partial charge in [0.15, 0.2) is 23.2 Å². The summed E-state index contributed by atoms with van der Waals surface area (Å²) < 4.78 is 46.9. The summed E-state index contributed by atoms with van der Waals surface area (Å²) in [5.74, 6) is -1.96. The highest BCUT2D eigenvalue weighted by Gasteiger charge is 2.09. The zero-order chi connectivity index (χ0) is 20.1. The minimum absolute atomic E-state index is 0.176. The van der Waals surface area contributed by atoms with Crippen LogP contribution in [0.2, 0.25) is 0 Å². The third-order valence-corrected chi connectivity index (χ3v) is 4.29. The lowest BCUT2D eigenvalue weighted by atomic mass is 10.0. The Hall–Kier alpha value is -3.27. The van der Waals surface area contributed by atoms with Gasteiger partial charge in [-0.1, -0.05) is 67.3 Å². The second-order valence-electron chi connectivity index (χ2n) is 6.30. The van der Waals surface area contributed by atoms with Crippen LogP contribution in [0.4, 0.5) is 13.2 Å². The predicted octanol–water partition coefficient (Wildman–Crippen LogP) is 6.81. The van der Waals surface area contributed by atoms with Gasteiger partial charge in [0, 0.05) is 5.56 Å². The summed E-state index contributed by atoms with van der Waals surface area (Å²) >= 11 is 0. The molecule has 0 aliphatic carbocycles. The van der Waals surface area contributed by atoms with E-state index in [4.69, 9.17) is 4.74 Å². The topological polar surface area (TPSA) is 9.23 Å². The molecule has 0 spiro atoms. The van der Waals surface area contributed by atoms with Crippen molar-refractivity contribution in [2.24, 2.45) is 0 Å². The lowest BCUT2D eigenvalue weighted by Gasteiger charge is -2.07. The largest absolute Gasteiger partial charge is 0.486 e. The molecule has 4 heteroatoms. The molecular weight excluding hydrogens is 361 g/mol. The Morgan fingerprint density at radius 3 is 2.25 bits per heavy atom. The first-order chi connectivity index (χ1) is 13.5. The fraction of sp³-hybridized carbons (Fsp3) is 0.0833. The van der Waals surface area contributed by atoms with Crippen molar-refractivity contribution in [3.63, 3.8) is 0 Å². The third-order valence-electron chi connectivity index (χ3n) is 4.29. The van der Waals surface area contributed by atoms with Crippen molar-refractivity contribution in [2.45, 2.75) is 6.92 Å². The van der Waals surface area contributed by atoms with Crippen LogP contribution in [0.15, 0.2) is 67.3 Å². The summed E-state index contributed by atoms with van der Waals surface area (Å²) in [5.41, 5.74) is 2.82.